The van der Waals surface area contributed by atoms with Gasteiger partial charge in [-0.15, -0.1) is 8.19 Å². The van der Waals surface area contributed by atoms with Crippen LogP contribution >= 0.6 is 8.19 Å². The minimum absolute atomic E-state index is 0.881. The van der Waals surface area contributed by atoms with Gasteiger partial charge in [-0.3, -0.25) is 0 Å². The summed E-state index contributed by atoms with van der Waals surface area (Å²) in [6.07, 6.45) is 3.95. The van der Waals surface area contributed by atoms with Crippen molar-refractivity contribution in [1.82, 2.24) is 0 Å². The van der Waals surface area contributed by atoms with Gasteiger partial charge in [0.2, 0.25) is 0 Å². The van der Waals surface area contributed by atoms with Crippen LogP contribution in [0, 0.1) is 0 Å². The van der Waals surface area contributed by atoms with Crippen LogP contribution in [0.15, 0.2) is 17.9 Å². The zero-order valence-corrected chi connectivity index (χ0v) is 8.06. The largest absolute Gasteiger partial charge is 0.382 e. The zero-order valence-electron chi connectivity index (χ0n) is 7.06. The molecule has 11 heavy (non-hydrogen) atoms. The normalized spacial score (nSPS) is 10.6. The van der Waals surface area contributed by atoms with Crippen LogP contribution in [0.3, 0.4) is 0 Å². The average molecular weight is 169 g/mol. The van der Waals surface area contributed by atoms with Crippen molar-refractivity contribution in [3.8, 4) is 0 Å². The first kappa shape index (κ1) is 8.67. The Hall–Kier alpha value is -0.420. The third-order valence-corrected chi connectivity index (χ3v) is 2.71. The lowest BCUT2D eigenvalue weighted by Crippen LogP contribution is -1.98. The summed E-state index contributed by atoms with van der Waals surface area (Å²) < 4.78 is 0. The molecule has 1 N–H and O–H groups in total. The highest BCUT2D eigenvalue weighted by Gasteiger charge is 1.88. The first-order chi connectivity index (χ1) is 5.43. The van der Waals surface area contributed by atoms with Gasteiger partial charge < -0.3 is 5.32 Å². The minimum atomic E-state index is 0.881. The Morgan fingerprint density at radius 3 is 3.00 bits per heavy atom. The fourth-order valence-corrected chi connectivity index (χ4v) is 1.83. The molecule has 1 heterocycles. The summed E-state index contributed by atoms with van der Waals surface area (Å²) >= 11 is 0. The second-order valence-corrected chi connectivity index (χ2v) is 3.88. The molecule has 1 rings (SSSR count). The smallest absolute Gasteiger partial charge is 0.0504 e. The van der Waals surface area contributed by atoms with Gasteiger partial charge in [-0.05, 0) is 18.3 Å². The van der Waals surface area contributed by atoms with E-state index < -0.39 is 0 Å². The topological polar surface area (TPSA) is 12.0 Å². The molecule has 0 aromatic carbocycles. The summed E-state index contributed by atoms with van der Waals surface area (Å²) in [4.78, 5) is 0. The van der Waals surface area contributed by atoms with Crippen LogP contribution in [0.1, 0.15) is 26.2 Å². The monoisotopic (exact) mass is 169 g/mol. The molecule has 1 aromatic rings. The Bertz CT molecular complexity index is 170. The molecular weight excluding hydrogens is 153 g/mol. The van der Waals surface area contributed by atoms with E-state index in [1.54, 1.807) is 0 Å². The van der Waals surface area contributed by atoms with Gasteiger partial charge in [0.05, 0.1) is 5.42 Å². The second kappa shape index (κ2) is 5.26. The lowest BCUT2D eigenvalue weighted by molar-refractivity contribution is 0.744. The molecule has 0 spiro atoms. The molecule has 62 valence electrons. The maximum atomic E-state index is 3.43. The average Bonchev–Trinajstić information content (AvgIpc) is 2.50. The van der Waals surface area contributed by atoms with Crippen LogP contribution in [0.25, 0.3) is 0 Å². The van der Waals surface area contributed by atoms with Gasteiger partial charge >= 0.3 is 0 Å². The predicted octanol–water partition coefficient (Wildman–Crippen LogP) is 3.32. The van der Waals surface area contributed by atoms with Crippen molar-refractivity contribution >= 4 is 13.6 Å². The summed E-state index contributed by atoms with van der Waals surface area (Å²) in [5, 5.41) is 3.43. The van der Waals surface area contributed by atoms with E-state index in [9.17, 15) is 0 Å². The highest BCUT2D eigenvalue weighted by molar-refractivity contribution is 7.33. The van der Waals surface area contributed by atoms with Crippen LogP contribution in [-0.4, -0.2) is 6.54 Å². The number of anilines is 1. The summed E-state index contributed by atoms with van der Waals surface area (Å²) in [5.41, 5.74) is 1.40. The molecule has 0 amide bonds. The van der Waals surface area contributed by atoms with Crippen LogP contribution in [0.2, 0.25) is 0 Å². The van der Waals surface area contributed by atoms with Crippen molar-refractivity contribution in [2.45, 2.75) is 26.2 Å². The molecule has 0 saturated carbocycles. The molecule has 0 aliphatic heterocycles. The Morgan fingerprint density at radius 2 is 2.36 bits per heavy atom. The van der Waals surface area contributed by atoms with Gasteiger partial charge in [0.15, 0.2) is 0 Å². The zero-order chi connectivity index (χ0) is 7.94. The Kier molecular flexibility index (Phi) is 4.15. The van der Waals surface area contributed by atoms with E-state index in [1.165, 1.54) is 24.7 Å². The molecule has 2 heteroatoms. The molecule has 0 aliphatic carbocycles. The Labute approximate surface area is 70.3 Å². The lowest BCUT2D eigenvalue weighted by Gasteiger charge is -2.01. The number of hydrogen-bond acceptors (Lipinski definition) is 1. The van der Waals surface area contributed by atoms with Crippen LogP contribution in [0.5, 0.6) is 0 Å². The van der Waals surface area contributed by atoms with E-state index in [-0.39, 0.29) is 0 Å². The van der Waals surface area contributed by atoms with Gasteiger partial charge in [0.25, 0.3) is 0 Å². The fourth-order valence-electron chi connectivity index (χ4n) is 1.04. The van der Waals surface area contributed by atoms with E-state index >= 15 is 0 Å². The summed E-state index contributed by atoms with van der Waals surface area (Å²) in [6, 6.07) is 4.30. The first-order valence-corrected chi connectivity index (χ1v) is 5.38. The highest BCUT2D eigenvalue weighted by Crippen LogP contribution is 2.20. The molecular formula is C9H16NP. The number of hydrogen-bond donors (Lipinski definition) is 1. The summed E-state index contributed by atoms with van der Waals surface area (Å²) in [6.45, 7) is 3.38. The van der Waals surface area contributed by atoms with Gasteiger partial charge in [0.1, 0.15) is 0 Å². The Balaban J connectivity index is 2.04. The van der Waals surface area contributed by atoms with E-state index in [4.69, 9.17) is 0 Å². The molecule has 1 nitrogen and oxygen atoms in total. The van der Waals surface area contributed by atoms with E-state index in [0.717, 1.165) is 14.7 Å². The molecule has 0 fully saturated rings. The number of rotatable bonds is 5. The molecule has 0 aliphatic rings. The SMILES string of the molecule is CCCCCNc1ccc[pH]1. The van der Waals surface area contributed by atoms with E-state index in [1.807, 2.05) is 0 Å². The van der Waals surface area contributed by atoms with Crippen molar-refractivity contribution in [2.75, 3.05) is 11.9 Å². The molecule has 1 atom stereocenters. The van der Waals surface area contributed by atoms with Crippen LogP contribution < -0.4 is 5.32 Å². The van der Waals surface area contributed by atoms with Crippen LogP contribution in [0.4, 0.5) is 5.42 Å². The van der Waals surface area contributed by atoms with Crippen molar-refractivity contribution in [3.05, 3.63) is 17.9 Å². The van der Waals surface area contributed by atoms with Crippen molar-refractivity contribution in [2.24, 2.45) is 0 Å². The number of nitrogens with one attached hydrogen (secondary N) is 1. The van der Waals surface area contributed by atoms with Gasteiger partial charge in [-0.25, -0.2) is 0 Å². The molecule has 0 radical (unpaired) electrons. The van der Waals surface area contributed by atoms with Crippen molar-refractivity contribution in [1.29, 1.82) is 0 Å². The Morgan fingerprint density at radius 1 is 1.45 bits per heavy atom. The van der Waals surface area contributed by atoms with E-state index in [0.29, 0.717) is 0 Å². The quantitative estimate of drug-likeness (QED) is 0.667. The molecule has 1 unspecified atom stereocenters. The minimum Gasteiger partial charge on any atom is -0.382 e. The lowest BCUT2D eigenvalue weighted by atomic mass is 10.2. The highest BCUT2D eigenvalue weighted by atomic mass is 31.0. The van der Waals surface area contributed by atoms with Crippen molar-refractivity contribution < 1.29 is 0 Å². The maximum absolute atomic E-state index is 3.43. The fraction of sp³-hybridized carbons (Fsp3) is 0.556. The molecule has 0 saturated heterocycles. The summed E-state index contributed by atoms with van der Waals surface area (Å²) in [7, 11) is 0.881. The van der Waals surface area contributed by atoms with Gasteiger partial charge in [-0.2, -0.15) is 0 Å². The molecule has 0 bridgehead atoms. The standard InChI is InChI=1S/C9H16NP/c1-2-3-4-7-10-9-6-5-8-11-9/h5-6,8,10-11H,2-4,7H2,1H3. The predicted molar refractivity (Wildman–Crippen MR) is 54.0 cm³/mol. The maximum Gasteiger partial charge on any atom is 0.0504 e. The second-order valence-electron chi connectivity index (χ2n) is 2.72. The first-order valence-electron chi connectivity index (χ1n) is 4.30. The van der Waals surface area contributed by atoms with Crippen molar-refractivity contribution in [3.63, 3.8) is 0 Å². The third kappa shape index (κ3) is 3.48. The van der Waals surface area contributed by atoms with Crippen LogP contribution in [-0.2, 0) is 0 Å². The van der Waals surface area contributed by atoms with Gasteiger partial charge in [-0.1, -0.05) is 25.8 Å². The summed E-state index contributed by atoms with van der Waals surface area (Å²) in [5.74, 6) is 2.21. The third-order valence-electron chi connectivity index (χ3n) is 1.69. The van der Waals surface area contributed by atoms with Gasteiger partial charge in [0, 0.05) is 6.54 Å². The molecule has 1 aromatic heterocycles. The van der Waals surface area contributed by atoms with E-state index in [2.05, 4.69) is 30.2 Å². The number of unbranched alkanes of at least 4 members (excludes halogenated alkanes) is 2.